The van der Waals surface area contributed by atoms with Crippen LogP contribution in [-0.2, 0) is 16.1 Å². The van der Waals surface area contributed by atoms with Gasteiger partial charge in [0.15, 0.2) is 0 Å². The van der Waals surface area contributed by atoms with Crippen LogP contribution in [0.15, 0.2) is 24.5 Å². The number of carbonyl (C=O) groups is 1. The molecule has 0 N–H and O–H groups in total. The Kier molecular flexibility index (Phi) is 9.54. The summed E-state index contributed by atoms with van der Waals surface area (Å²) in [6, 6.07) is 3.76. The molecule has 3 nitrogen and oxygen atoms in total. The van der Waals surface area contributed by atoms with E-state index < -0.39 is 0 Å². The van der Waals surface area contributed by atoms with Crippen LogP contribution >= 0.6 is 0 Å². The van der Waals surface area contributed by atoms with Gasteiger partial charge in [0.05, 0.1) is 0 Å². The molecule has 0 bridgehead atoms. The minimum atomic E-state index is -0.0974. The first-order chi connectivity index (χ1) is 9.83. The van der Waals surface area contributed by atoms with Crippen molar-refractivity contribution < 1.29 is 9.53 Å². The van der Waals surface area contributed by atoms with Gasteiger partial charge in [0.2, 0.25) is 0 Å². The lowest BCUT2D eigenvalue weighted by molar-refractivity contribution is -0.145. The summed E-state index contributed by atoms with van der Waals surface area (Å²) in [5, 5.41) is 0. The minimum absolute atomic E-state index is 0.0974. The molecule has 0 spiro atoms. The summed E-state index contributed by atoms with van der Waals surface area (Å²) in [5.74, 6) is -0.0974. The zero-order chi connectivity index (χ0) is 14.5. The largest absolute Gasteiger partial charge is 0.461 e. The van der Waals surface area contributed by atoms with Gasteiger partial charge >= 0.3 is 5.97 Å². The molecular formula is C17H27NO2. The van der Waals surface area contributed by atoms with Gasteiger partial charge in [-0.3, -0.25) is 9.78 Å². The molecule has 1 rings (SSSR count). The first kappa shape index (κ1) is 16.7. The number of hydrogen-bond donors (Lipinski definition) is 0. The van der Waals surface area contributed by atoms with Crippen LogP contribution in [0.1, 0.15) is 70.3 Å². The number of carbonyl (C=O) groups excluding carboxylic acids is 1. The van der Waals surface area contributed by atoms with Crippen molar-refractivity contribution >= 4 is 5.97 Å². The molecule has 0 aliphatic heterocycles. The predicted molar refractivity (Wildman–Crippen MR) is 81.3 cm³/mol. The Morgan fingerprint density at radius 3 is 2.45 bits per heavy atom. The van der Waals surface area contributed by atoms with Crippen molar-refractivity contribution in [1.82, 2.24) is 4.98 Å². The van der Waals surface area contributed by atoms with Crippen LogP contribution in [0.4, 0.5) is 0 Å². The van der Waals surface area contributed by atoms with Crippen LogP contribution in [0.25, 0.3) is 0 Å². The van der Waals surface area contributed by atoms with Gasteiger partial charge in [-0.15, -0.1) is 0 Å². The molecule has 0 unspecified atom stereocenters. The summed E-state index contributed by atoms with van der Waals surface area (Å²) in [4.78, 5) is 15.5. The highest BCUT2D eigenvalue weighted by molar-refractivity contribution is 5.69. The number of aromatic nitrogens is 1. The number of esters is 1. The lowest BCUT2D eigenvalue weighted by atomic mass is 10.1. The average Bonchev–Trinajstić information content (AvgIpc) is 2.49. The van der Waals surface area contributed by atoms with Crippen molar-refractivity contribution in [1.29, 1.82) is 0 Å². The van der Waals surface area contributed by atoms with Crippen molar-refractivity contribution in [2.24, 2.45) is 0 Å². The summed E-state index contributed by atoms with van der Waals surface area (Å²) in [7, 11) is 0. The van der Waals surface area contributed by atoms with Crippen LogP contribution in [0.5, 0.6) is 0 Å². The van der Waals surface area contributed by atoms with Gasteiger partial charge in [0.1, 0.15) is 6.61 Å². The van der Waals surface area contributed by atoms with E-state index in [4.69, 9.17) is 4.74 Å². The van der Waals surface area contributed by atoms with Crippen molar-refractivity contribution in [3.05, 3.63) is 30.1 Å². The van der Waals surface area contributed by atoms with Crippen LogP contribution in [-0.4, -0.2) is 11.0 Å². The number of pyridine rings is 1. The molecule has 0 aromatic carbocycles. The molecule has 1 aromatic heterocycles. The zero-order valence-corrected chi connectivity index (χ0v) is 12.6. The lowest BCUT2D eigenvalue weighted by Crippen LogP contribution is -2.04. The third-order valence-corrected chi connectivity index (χ3v) is 3.36. The van der Waals surface area contributed by atoms with E-state index in [0.717, 1.165) is 18.4 Å². The highest BCUT2D eigenvalue weighted by atomic mass is 16.5. The molecule has 112 valence electrons. The molecule has 1 aromatic rings. The quantitative estimate of drug-likeness (QED) is 0.436. The standard InChI is InChI=1S/C17H27NO2/c1-2-3-4-5-6-7-8-9-12-17(19)20-15-16-11-10-13-18-14-16/h10-11,13-14H,2-9,12,15H2,1H3. The summed E-state index contributed by atoms with van der Waals surface area (Å²) in [6.07, 6.45) is 13.9. The topological polar surface area (TPSA) is 39.2 Å². The molecule has 0 fully saturated rings. The van der Waals surface area contributed by atoms with E-state index in [1.807, 2.05) is 12.1 Å². The Morgan fingerprint density at radius 1 is 1.10 bits per heavy atom. The number of unbranched alkanes of at least 4 members (excludes halogenated alkanes) is 7. The Labute approximate surface area is 122 Å². The summed E-state index contributed by atoms with van der Waals surface area (Å²) < 4.78 is 5.21. The van der Waals surface area contributed by atoms with Gasteiger partial charge in [-0.25, -0.2) is 0 Å². The number of nitrogens with zero attached hydrogens (tertiary/aromatic N) is 1. The van der Waals surface area contributed by atoms with E-state index in [-0.39, 0.29) is 5.97 Å². The minimum Gasteiger partial charge on any atom is -0.461 e. The smallest absolute Gasteiger partial charge is 0.306 e. The zero-order valence-electron chi connectivity index (χ0n) is 12.6. The summed E-state index contributed by atoms with van der Waals surface area (Å²) in [5.41, 5.74) is 0.941. The Balaban J connectivity index is 1.93. The maximum atomic E-state index is 11.5. The molecule has 1 heterocycles. The van der Waals surface area contributed by atoms with E-state index in [1.54, 1.807) is 12.4 Å². The van der Waals surface area contributed by atoms with Gasteiger partial charge in [0.25, 0.3) is 0 Å². The molecule has 0 atom stereocenters. The van der Waals surface area contributed by atoms with Gasteiger partial charge in [0, 0.05) is 24.4 Å². The van der Waals surface area contributed by atoms with E-state index in [9.17, 15) is 4.79 Å². The third-order valence-electron chi connectivity index (χ3n) is 3.36. The molecule has 3 heteroatoms. The van der Waals surface area contributed by atoms with Crippen molar-refractivity contribution in [2.75, 3.05) is 0 Å². The second kappa shape index (κ2) is 11.4. The fourth-order valence-electron chi connectivity index (χ4n) is 2.12. The highest BCUT2D eigenvalue weighted by Crippen LogP contribution is 2.10. The molecular weight excluding hydrogens is 250 g/mol. The van der Waals surface area contributed by atoms with Crippen molar-refractivity contribution in [3.63, 3.8) is 0 Å². The maximum Gasteiger partial charge on any atom is 0.306 e. The van der Waals surface area contributed by atoms with Gasteiger partial charge in [-0.1, -0.05) is 57.9 Å². The molecule has 0 saturated carbocycles. The fourth-order valence-corrected chi connectivity index (χ4v) is 2.12. The van der Waals surface area contributed by atoms with Gasteiger partial charge in [-0.2, -0.15) is 0 Å². The number of hydrogen-bond acceptors (Lipinski definition) is 3. The molecule has 20 heavy (non-hydrogen) atoms. The number of rotatable bonds is 11. The van der Waals surface area contributed by atoms with E-state index in [2.05, 4.69) is 11.9 Å². The number of ether oxygens (including phenoxy) is 1. The van der Waals surface area contributed by atoms with E-state index in [1.165, 1.54) is 38.5 Å². The second-order valence-corrected chi connectivity index (χ2v) is 5.25. The predicted octanol–water partition coefficient (Wildman–Crippen LogP) is 4.66. The molecule has 0 aliphatic rings. The van der Waals surface area contributed by atoms with Crippen molar-refractivity contribution in [2.45, 2.75) is 71.3 Å². The van der Waals surface area contributed by atoms with Gasteiger partial charge in [-0.05, 0) is 12.5 Å². The lowest BCUT2D eigenvalue weighted by Gasteiger charge is -2.04. The normalized spacial score (nSPS) is 10.4. The second-order valence-electron chi connectivity index (χ2n) is 5.25. The van der Waals surface area contributed by atoms with Gasteiger partial charge < -0.3 is 4.74 Å². The summed E-state index contributed by atoms with van der Waals surface area (Å²) >= 11 is 0. The van der Waals surface area contributed by atoms with Crippen LogP contribution in [0.3, 0.4) is 0 Å². The SMILES string of the molecule is CCCCCCCCCCC(=O)OCc1cccnc1. The van der Waals surface area contributed by atoms with Crippen LogP contribution in [0, 0.1) is 0 Å². The first-order valence-electron chi connectivity index (χ1n) is 7.87. The molecule has 0 saturated heterocycles. The van der Waals surface area contributed by atoms with Crippen molar-refractivity contribution in [3.8, 4) is 0 Å². The molecule has 0 amide bonds. The maximum absolute atomic E-state index is 11.5. The van der Waals surface area contributed by atoms with Crippen LogP contribution in [0.2, 0.25) is 0 Å². The third kappa shape index (κ3) is 8.68. The monoisotopic (exact) mass is 277 g/mol. The molecule has 0 radical (unpaired) electrons. The molecule has 0 aliphatic carbocycles. The summed E-state index contributed by atoms with van der Waals surface area (Å²) in [6.45, 7) is 2.57. The van der Waals surface area contributed by atoms with E-state index >= 15 is 0 Å². The first-order valence-corrected chi connectivity index (χ1v) is 7.87. The Morgan fingerprint density at radius 2 is 1.80 bits per heavy atom. The van der Waals surface area contributed by atoms with E-state index in [0.29, 0.717) is 13.0 Å². The Hall–Kier alpha value is -1.38. The highest BCUT2D eigenvalue weighted by Gasteiger charge is 2.03. The Bertz CT molecular complexity index is 351. The van der Waals surface area contributed by atoms with Crippen LogP contribution < -0.4 is 0 Å². The fraction of sp³-hybridized carbons (Fsp3) is 0.647. The average molecular weight is 277 g/mol.